The molecule has 0 unspecified atom stereocenters. The molecule has 1 aromatic heterocycles. The zero-order valence-corrected chi connectivity index (χ0v) is 20.5. The summed E-state index contributed by atoms with van der Waals surface area (Å²) in [6, 6.07) is 6.52. The highest BCUT2D eigenvalue weighted by molar-refractivity contribution is 7.99. The molecule has 2 aliphatic carbocycles. The summed E-state index contributed by atoms with van der Waals surface area (Å²) in [6.45, 7) is 8.44. The first kappa shape index (κ1) is 22.8. The number of rotatable bonds is 7. The van der Waals surface area contributed by atoms with E-state index in [1.54, 1.807) is 12.1 Å². The number of halogens is 1. The molecule has 1 aliphatic heterocycles. The van der Waals surface area contributed by atoms with Crippen molar-refractivity contribution < 1.29 is 13.9 Å². The van der Waals surface area contributed by atoms with Crippen LogP contribution in [0.25, 0.3) is 11.4 Å². The fourth-order valence-electron chi connectivity index (χ4n) is 6.15. The van der Waals surface area contributed by atoms with E-state index in [2.05, 4.69) is 36.3 Å². The molecule has 5 rings (SSSR count). The first-order valence-corrected chi connectivity index (χ1v) is 13.0. The average Bonchev–Trinajstić information content (AvgIpc) is 3.52. The van der Waals surface area contributed by atoms with Crippen LogP contribution >= 0.6 is 11.8 Å². The molecule has 2 heterocycles. The second-order valence-electron chi connectivity index (χ2n) is 10.6. The van der Waals surface area contributed by atoms with Gasteiger partial charge in [-0.05, 0) is 73.1 Å². The first-order chi connectivity index (χ1) is 15.8. The number of thioether (sulfide) groups is 1. The minimum Gasteiger partial charge on any atom is -0.376 e. The Labute approximate surface area is 199 Å². The lowest BCUT2D eigenvalue weighted by Gasteiger charge is -2.39. The quantitative estimate of drug-likeness (QED) is 0.593. The number of benzene rings is 1. The van der Waals surface area contributed by atoms with Crippen LogP contribution in [0.15, 0.2) is 29.4 Å². The number of carbonyl (C=O) groups is 1. The van der Waals surface area contributed by atoms with Crippen LogP contribution in [0.3, 0.4) is 0 Å². The minimum absolute atomic E-state index is 0.0459. The van der Waals surface area contributed by atoms with Gasteiger partial charge in [-0.2, -0.15) is 0 Å². The SMILES string of the molecule is CC1(C)[C@H]2CC[C@@]1(C)[C@@H](NC(=O)CSc1nnc(-c3ccc(F)cc3)n1C[C@@H]1CCCO1)C2. The van der Waals surface area contributed by atoms with E-state index in [9.17, 15) is 9.18 Å². The van der Waals surface area contributed by atoms with Crippen LogP contribution in [-0.4, -0.2) is 45.2 Å². The molecule has 0 spiro atoms. The average molecular weight is 473 g/mol. The van der Waals surface area contributed by atoms with Crippen molar-refractivity contribution in [1.82, 2.24) is 20.1 Å². The molecule has 2 bridgehead atoms. The number of hydrogen-bond donors (Lipinski definition) is 1. The Balaban J connectivity index is 1.29. The van der Waals surface area contributed by atoms with Gasteiger partial charge in [0.2, 0.25) is 5.91 Å². The zero-order valence-electron chi connectivity index (χ0n) is 19.6. The van der Waals surface area contributed by atoms with Gasteiger partial charge in [0, 0.05) is 18.2 Å². The van der Waals surface area contributed by atoms with E-state index in [0.717, 1.165) is 31.4 Å². The van der Waals surface area contributed by atoms with Crippen LogP contribution in [-0.2, 0) is 16.1 Å². The van der Waals surface area contributed by atoms with Crippen molar-refractivity contribution in [3.8, 4) is 11.4 Å². The van der Waals surface area contributed by atoms with Gasteiger partial charge in [-0.15, -0.1) is 10.2 Å². The van der Waals surface area contributed by atoms with Crippen LogP contribution in [0.5, 0.6) is 0 Å². The molecule has 8 heteroatoms. The monoisotopic (exact) mass is 472 g/mol. The molecule has 3 aliphatic rings. The first-order valence-electron chi connectivity index (χ1n) is 12.0. The summed E-state index contributed by atoms with van der Waals surface area (Å²) in [4.78, 5) is 12.9. The number of carbonyl (C=O) groups excluding carboxylic acids is 1. The van der Waals surface area contributed by atoms with Gasteiger partial charge in [-0.1, -0.05) is 32.5 Å². The third kappa shape index (κ3) is 4.09. The van der Waals surface area contributed by atoms with Gasteiger partial charge in [0.25, 0.3) is 0 Å². The predicted octanol–water partition coefficient (Wildman–Crippen LogP) is 4.69. The minimum atomic E-state index is -0.285. The highest BCUT2D eigenvalue weighted by Crippen LogP contribution is 2.65. The third-order valence-corrected chi connectivity index (χ3v) is 9.66. The summed E-state index contributed by atoms with van der Waals surface area (Å²) in [5, 5.41) is 12.8. The Hall–Kier alpha value is -1.93. The Bertz CT molecular complexity index is 1020. The number of fused-ring (bicyclic) bond motifs is 2. The van der Waals surface area contributed by atoms with Crippen molar-refractivity contribution in [2.45, 2.75) is 76.7 Å². The van der Waals surface area contributed by atoms with Gasteiger partial charge < -0.3 is 10.1 Å². The standard InChI is InChI=1S/C25H33FN4O2S/c1-24(2)17-10-11-25(24,3)20(13-17)27-21(31)15-33-23-29-28-22(16-6-8-18(26)9-7-16)30(23)14-19-5-4-12-32-19/h6-9,17,19-20H,4-5,10-15H2,1-3H3,(H,27,31)/t17-,19-,20-,25-/m0/s1. The Morgan fingerprint density at radius 3 is 2.67 bits per heavy atom. The van der Waals surface area contributed by atoms with E-state index >= 15 is 0 Å². The number of nitrogens with zero attached hydrogens (tertiary/aromatic N) is 3. The maximum absolute atomic E-state index is 13.4. The zero-order chi connectivity index (χ0) is 23.2. The summed E-state index contributed by atoms with van der Waals surface area (Å²) in [7, 11) is 0. The van der Waals surface area contributed by atoms with Gasteiger partial charge in [-0.25, -0.2) is 4.39 Å². The van der Waals surface area contributed by atoms with E-state index in [0.29, 0.717) is 29.2 Å². The second kappa shape index (κ2) is 8.69. The maximum atomic E-state index is 13.4. The molecule has 1 amide bonds. The van der Waals surface area contributed by atoms with E-state index in [-0.39, 0.29) is 34.7 Å². The Kier molecular flexibility index (Phi) is 6.02. The maximum Gasteiger partial charge on any atom is 0.230 e. The number of ether oxygens (including phenoxy) is 1. The highest BCUT2D eigenvalue weighted by Gasteiger charge is 2.61. The molecule has 4 atom stereocenters. The topological polar surface area (TPSA) is 69.0 Å². The van der Waals surface area contributed by atoms with Crippen molar-refractivity contribution in [2.24, 2.45) is 16.7 Å². The summed E-state index contributed by atoms with van der Waals surface area (Å²) in [5.41, 5.74) is 1.23. The van der Waals surface area contributed by atoms with Gasteiger partial charge >= 0.3 is 0 Å². The number of aromatic nitrogens is 3. The smallest absolute Gasteiger partial charge is 0.230 e. The largest absolute Gasteiger partial charge is 0.376 e. The summed E-state index contributed by atoms with van der Waals surface area (Å²) >= 11 is 1.41. The molecule has 178 valence electrons. The van der Waals surface area contributed by atoms with Crippen molar-refractivity contribution in [3.05, 3.63) is 30.1 Å². The molecule has 1 saturated heterocycles. The molecule has 3 fully saturated rings. The van der Waals surface area contributed by atoms with Crippen LogP contribution in [0.2, 0.25) is 0 Å². The fourth-order valence-corrected chi connectivity index (χ4v) is 6.91. The molecular weight excluding hydrogens is 439 g/mol. The molecule has 1 aromatic carbocycles. The Morgan fingerprint density at radius 2 is 2.03 bits per heavy atom. The van der Waals surface area contributed by atoms with E-state index in [4.69, 9.17) is 4.74 Å². The van der Waals surface area contributed by atoms with Crippen molar-refractivity contribution in [2.75, 3.05) is 12.4 Å². The van der Waals surface area contributed by atoms with E-state index < -0.39 is 0 Å². The second-order valence-corrected chi connectivity index (χ2v) is 11.5. The Morgan fingerprint density at radius 1 is 1.24 bits per heavy atom. The molecule has 6 nitrogen and oxygen atoms in total. The predicted molar refractivity (Wildman–Crippen MR) is 126 cm³/mol. The molecule has 33 heavy (non-hydrogen) atoms. The summed E-state index contributed by atoms with van der Waals surface area (Å²) in [5.74, 6) is 1.42. The number of amides is 1. The lowest BCUT2D eigenvalue weighted by Crippen LogP contribution is -2.47. The van der Waals surface area contributed by atoms with Crippen LogP contribution < -0.4 is 5.32 Å². The number of nitrogens with one attached hydrogen (secondary N) is 1. The lowest BCUT2D eigenvalue weighted by atomic mass is 9.69. The molecule has 0 radical (unpaired) electrons. The van der Waals surface area contributed by atoms with Crippen molar-refractivity contribution in [3.63, 3.8) is 0 Å². The van der Waals surface area contributed by atoms with Crippen molar-refractivity contribution >= 4 is 17.7 Å². The van der Waals surface area contributed by atoms with Crippen LogP contribution in [0.1, 0.15) is 52.9 Å². The molecular formula is C25H33FN4O2S. The third-order valence-electron chi connectivity index (χ3n) is 8.69. The molecule has 2 saturated carbocycles. The van der Waals surface area contributed by atoms with Crippen molar-refractivity contribution in [1.29, 1.82) is 0 Å². The normalized spacial score (nSPS) is 30.1. The summed E-state index contributed by atoms with van der Waals surface area (Å²) in [6.07, 6.45) is 5.65. The fraction of sp³-hybridized carbons (Fsp3) is 0.640. The van der Waals surface area contributed by atoms with E-state index in [1.807, 2.05) is 4.57 Å². The van der Waals surface area contributed by atoms with Gasteiger partial charge in [-0.3, -0.25) is 9.36 Å². The van der Waals surface area contributed by atoms with Crippen LogP contribution in [0, 0.1) is 22.6 Å². The highest BCUT2D eigenvalue weighted by atomic mass is 32.2. The molecule has 2 aromatic rings. The van der Waals surface area contributed by atoms with Gasteiger partial charge in [0.15, 0.2) is 11.0 Å². The van der Waals surface area contributed by atoms with Gasteiger partial charge in [0.1, 0.15) is 5.82 Å². The number of hydrogen-bond acceptors (Lipinski definition) is 5. The summed E-state index contributed by atoms with van der Waals surface area (Å²) < 4.78 is 21.3. The molecule has 1 N–H and O–H groups in total. The van der Waals surface area contributed by atoms with Gasteiger partial charge in [0.05, 0.1) is 18.4 Å². The van der Waals surface area contributed by atoms with Crippen LogP contribution in [0.4, 0.5) is 4.39 Å². The van der Waals surface area contributed by atoms with E-state index in [1.165, 1.54) is 36.7 Å². The lowest BCUT2D eigenvalue weighted by molar-refractivity contribution is -0.120.